The molecule has 7 heteroatoms. The number of hydrogen-bond acceptors (Lipinski definition) is 5. The number of carbonyl (C=O) groups is 1. The van der Waals surface area contributed by atoms with Gasteiger partial charge in [0.15, 0.2) is 6.61 Å². The van der Waals surface area contributed by atoms with Crippen molar-refractivity contribution >= 4 is 30.0 Å². The highest BCUT2D eigenvalue weighted by Crippen LogP contribution is 2.37. The number of para-hydroxylation sites is 1. The van der Waals surface area contributed by atoms with Gasteiger partial charge in [-0.05, 0) is 61.4 Å². The molecule has 3 atom stereocenters. The van der Waals surface area contributed by atoms with Crippen LogP contribution in [0.3, 0.4) is 0 Å². The molecule has 1 aliphatic rings. The Morgan fingerprint density at radius 1 is 1.23 bits per heavy atom. The van der Waals surface area contributed by atoms with E-state index < -0.39 is 6.10 Å². The van der Waals surface area contributed by atoms with Crippen LogP contribution in [0.4, 0.5) is 0 Å². The van der Waals surface area contributed by atoms with Crippen molar-refractivity contribution < 1.29 is 19.4 Å². The van der Waals surface area contributed by atoms with Gasteiger partial charge in [-0.15, -0.1) is 12.4 Å². The molecule has 5 nitrogen and oxygen atoms in total. The van der Waals surface area contributed by atoms with Crippen molar-refractivity contribution in [3.8, 4) is 5.75 Å². The van der Waals surface area contributed by atoms with Crippen LogP contribution in [0, 0.1) is 0 Å². The van der Waals surface area contributed by atoms with Crippen molar-refractivity contribution in [1.29, 1.82) is 0 Å². The summed E-state index contributed by atoms with van der Waals surface area (Å²) in [5, 5.41) is 14.6. The van der Waals surface area contributed by atoms with Crippen LogP contribution < -0.4 is 10.1 Å². The van der Waals surface area contributed by atoms with Crippen molar-refractivity contribution in [3.05, 3.63) is 64.7 Å². The molecule has 0 aromatic heterocycles. The normalized spacial score (nSPS) is 19.2. The Bertz CT molecular complexity index is 833. The standard InChI is InChI=1S/C24H30ClNO4.ClH/c1-2-29-24(28)16-30-23-12-4-3-11-21(23)17-7-6-10-20(14-17)26-15-22(27)18-8-5-9-19(25)13-18;/h3-5,8-9,11-13,17,20,22,26-27H,2,6-7,10,14-16H2,1H3;1H/t17?,20?,22-;/m0./s1. The molecule has 1 aliphatic carbocycles. The molecule has 3 rings (SSSR count). The van der Waals surface area contributed by atoms with Gasteiger partial charge in [0.05, 0.1) is 12.7 Å². The third-order valence-electron chi connectivity index (χ3n) is 5.52. The minimum atomic E-state index is -0.593. The summed E-state index contributed by atoms with van der Waals surface area (Å²) >= 11 is 6.03. The molecule has 2 N–H and O–H groups in total. The van der Waals surface area contributed by atoms with Gasteiger partial charge in [0.25, 0.3) is 0 Å². The van der Waals surface area contributed by atoms with Crippen LogP contribution in [0.1, 0.15) is 55.8 Å². The van der Waals surface area contributed by atoms with Crippen molar-refractivity contribution in [2.75, 3.05) is 19.8 Å². The number of benzene rings is 2. The van der Waals surface area contributed by atoms with E-state index in [-0.39, 0.29) is 25.0 Å². The summed E-state index contributed by atoms with van der Waals surface area (Å²) in [5.74, 6) is 0.735. The molecular weight excluding hydrogens is 437 g/mol. The lowest BCUT2D eigenvalue weighted by molar-refractivity contribution is -0.145. The number of carbonyl (C=O) groups excluding carboxylic acids is 1. The Morgan fingerprint density at radius 2 is 2.03 bits per heavy atom. The van der Waals surface area contributed by atoms with Gasteiger partial charge in [0.1, 0.15) is 5.75 Å². The van der Waals surface area contributed by atoms with Crippen molar-refractivity contribution in [1.82, 2.24) is 5.32 Å². The van der Waals surface area contributed by atoms with Crippen molar-refractivity contribution in [2.45, 2.75) is 50.7 Å². The number of hydrogen-bond donors (Lipinski definition) is 2. The molecule has 0 bridgehead atoms. The summed E-state index contributed by atoms with van der Waals surface area (Å²) in [6, 6.07) is 15.6. The van der Waals surface area contributed by atoms with E-state index in [4.69, 9.17) is 21.1 Å². The SMILES string of the molecule is CCOC(=O)COc1ccccc1C1CCCC(NC[C@H](O)c2cccc(Cl)c2)C1.Cl. The zero-order chi connectivity index (χ0) is 21.3. The lowest BCUT2D eigenvalue weighted by atomic mass is 9.81. The molecule has 170 valence electrons. The maximum Gasteiger partial charge on any atom is 0.344 e. The largest absolute Gasteiger partial charge is 0.482 e. The molecule has 1 saturated carbocycles. The first-order valence-corrected chi connectivity index (χ1v) is 11.0. The Balaban J connectivity index is 0.00000341. The van der Waals surface area contributed by atoms with E-state index >= 15 is 0 Å². The van der Waals surface area contributed by atoms with Gasteiger partial charge in [0, 0.05) is 17.6 Å². The van der Waals surface area contributed by atoms with Gasteiger partial charge >= 0.3 is 5.97 Å². The Morgan fingerprint density at radius 3 is 2.81 bits per heavy atom. The lowest BCUT2D eigenvalue weighted by Gasteiger charge is -2.31. The predicted molar refractivity (Wildman–Crippen MR) is 125 cm³/mol. The first-order chi connectivity index (χ1) is 14.6. The number of rotatable bonds is 9. The first-order valence-electron chi connectivity index (χ1n) is 10.6. The number of esters is 1. The minimum Gasteiger partial charge on any atom is -0.482 e. The minimum absolute atomic E-state index is 0. The summed E-state index contributed by atoms with van der Waals surface area (Å²) in [4.78, 5) is 11.7. The first kappa shape index (κ1) is 25.5. The molecule has 2 aromatic carbocycles. The molecule has 0 aliphatic heterocycles. The van der Waals surface area contributed by atoms with Crippen LogP contribution in [0.15, 0.2) is 48.5 Å². The Kier molecular flexibility index (Phi) is 10.6. The van der Waals surface area contributed by atoms with E-state index in [1.54, 1.807) is 19.1 Å². The molecule has 0 radical (unpaired) electrons. The molecule has 2 unspecified atom stereocenters. The average molecular weight is 468 g/mol. The zero-order valence-electron chi connectivity index (χ0n) is 17.8. The monoisotopic (exact) mass is 467 g/mol. The van der Waals surface area contributed by atoms with Crippen LogP contribution in [0.25, 0.3) is 0 Å². The van der Waals surface area contributed by atoms with Crippen LogP contribution in [-0.2, 0) is 9.53 Å². The average Bonchev–Trinajstić information content (AvgIpc) is 2.76. The predicted octanol–water partition coefficient (Wildman–Crippen LogP) is 5.05. The third kappa shape index (κ3) is 7.69. The second-order valence-corrected chi connectivity index (χ2v) is 8.11. The van der Waals surface area contributed by atoms with E-state index in [9.17, 15) is 9.90 Å². The van der Waals surface area contributed by atoms with Crippen LogP contribution in [0.5, 0.6) is 5.75 Å². The number of ether oxygens (including phenoxy) is 2. The fourth-order valence-electron chi connectivity index (χ4n) is 4.06. The molecular formula is C24H31Cl2NO4. The highest BCUT2D eigenvalue weighted by Gasteiger charge is 2.26. The smallest absolute Gasteiger partial charge is 0.344 e. The van der Waals surface area contributed by atoms with E-state index in [0.29, 0.717) is 30.1 Å². The number of aliphatic hydroxyl groups excluding tert-OH is 1. The fourth-order valence-corrected chi connectivity index (χ4v) is 4.25. The summed E-state index contributed by atoms with van der Waals surface area (Å²) < 4.78 is 10.7. The van der Waals surface area contributed by atoms with Crippen molar-refractivity contribution in [3.63, 3.8) is 0 Å². The summed E-state index contributed by atoms with van der Waals surface area (Å²) in [5.41, 5.74) is 1.95. The van der Waals surface area contributed by atoms with Crippen LogP contribution in [-0.4, -0.2) is 36.9 Å². The van der Waals surface area contributed by atoms with E-state index in [1.807, 2.05) is 30.3 Å². The maximum atomic E-state index is 11.7. The molecule has 0 saturated heterocycles. The van der Waals surface area contributed by atoms with Gasteiger partial charge in [-0.2, -0.15) is 0 Å². The summed E-state index contributed by atoms with van der Waals surface area (Å²) in [6.07, 6.45) is 3.62. The van der Waals surface area contributed by atoms with Crippen molar-refractivity contribution in [2.24, 2.45) is 0 Å². The van der Waals surface area contributed by atoms with Gasteiger partial charge < -0.3 is 19.9 Å². The second kappa shape index (κ2) is 12.9. The molecule has 0 heterocycles. The quantitative estimate of drug-likeness (QED) is 0.504. The third-order valence-corrected chi connectivity index (χ3v) is 5.75. The highest BCUT2D eigenvalue weighted by molar-refractivity contribution is 6.30. The van der Waals surface area contributed by atoms with Gasteiger partial charge in [-0.3, -0.25) is 0 Å². The molecule has 2 aromatic rings. The molecule has 0 spiro atoms. The summed E-state index contributed by atoms with van der Waals surface area (Å²) in [7, 11) is 0. The number of halogens is 2. The van der Waals surface area contributed by atoms with E-state index in [2.05, 4.69) is 11.4 Å². The fraction of sp³-hybridized carbons (Fsp3) is 0.458. The Labute approximate surface area is 195 Å². The van der Waals surface area contributed by atoms with Gasteiger partial charge in [-0.1, -0.05) is 48.4 Å². The number of nitrogens with one attached hydrogen (secondary N) is 1. The molecule has 1 fully saturated rings. The highest BCUT2D eigenvalue weighted by atomic mass is 35.5. The van der Waals surface area contributed by atoms with Gasteiger partial charge in [0.2, 0.25) is 0 Å². The topological polar surface area (TPSA) is 67.8 Å². The van der Waals surface area contributed by atoms with Crippen LogP contribution in [0.2, 0.25) is 5.02 Å². The van der Waals surface area contributed by atoms with Gasteiger partial charge in [-0.25, -0.2) is 4.79 Å². The summed E-state index contributed by atoms with van der Waals surface area (Å²) in [6.45, 7) is 2.54. The van der Waals surface area contributed by atoms with E-state index in [0.717, 1.165) is 42.6 Å². The van der Waals surface area contributed by atoms with Crippen LogP contribution >= 0.6 is 24.0 Å². The lowest BCUT2D eigenvalue weighted by Crippen LogP contribution is -2.36. The molecule has 0 amide bonds. The maximum absolute atomic E-state index is 11.7. The second-order valence-electron chi connectivity index (χ2n) is 7.67. The Hall–Kier alpha value is -1.79. The molecule has 31 heavy (non-hydrogen) atoms. The number of aliphatic hydroxyl groups is 1. The van der Waals surface area contributed by atoms with E-state index in [1.165, 1.54) is 0 Å². The zero-order valence-corrected chi connectivity index (χ0v) is 19.3.